The quantitative estimate of drug-likeness (QED) is 0.429. The monoisotopic (exact) mass is 430 g/mol. The van der Waals surface area contributed by atoms with E-state index in [1.165, 1.54) is 7.11 Å². The Balaban J connectivity index is 1.73. The van der Waals surface area contributed by atoms with E-state index in [0.717, 1.165) is 22.0 Å². The molecule has 6 nitrogen and oxygen atoms in total. The standard InChI is InChI=1S/C26H26N2O4/c1-17-14-23(29)25(21(15-24(30)32-2)18-8-4-3-5-9-18)26(31)28(17)13-12-19-16-27-22-11-7-6-10-20(19)22/h3-11,14,16,21,27,29H,12-13,15H2,1-2H3/t21-/m1/s1. The molecule has 0 radical (unpaired) electrons. The summed E-state index contributed by atoms with van der Waals surface area (Å²) in [5.74, 6) is -1.15. The fraction of sp³-hybridized carbons (Fsp3) is 0.231. The summed E-state index contributed by atoms with van der Waals surface area (Å²) in [7, 11) is 1.32. The molecule has 4 aromatic rings. The van der Waals surface area contributed by atoms with E-state index in [0.29, 0.717) is 18.7 Å². The molecule has 2 aromatic heterocycles. The van der Waals surface area contributed by atoms with Gasteiger partial charge in [-0.25, -0.2) is 0 Å². The van der Waals surface area contributed by atoms with Gasteiger partial charge in [0.1, 0.15) is 5.75 Å². The van der Waals surface area contributed by atoms with Gasteiger partial charge in [0, 0.05) is 35.3 Å². The van der Waals surface area contributed by atoms with Gasteiger partial charge in [-0.3, -0.25) is 9.59 Å². The minimum Gasteiger partial charge on any atom is -0.507 e. The Morgan fingerprint density at radius 2 is 1.84 bits per heavy atom. The molecule has 6 heteroatoms. The molecule has 2 heterocycles. The number of H-pyrrole nitrogens is 1. The number of aromatic nitrogens is 2. The maximum absolute atomic E-state index is 13.6. The van der Waals surface area contributed by atoms with Crippen molar-refractivity contribution in [2.75, 3.05) is 7.11 Å². The predicted octanol–water partition coefficient (Wildman–Crippen LogP) is 4.28. The molecule has 0 spiro atoms. The third-order valence-electron chi connectivity index (χ3n) is 5.95. The normalized spacial score (nSPS) is 12.1. The SMILES string of the molecule is COC(=O)C[C@H](c1ccccc1)c1c(O)cc(C)n(CCc2c[nH]c3ccccc23)c1=O. The first-order chi connectivity index (χ1) is 15.5. The van der Waals surface area contributed by atoms with Crippen LogP contribution in [0.4, 0.5) is 0 Å². The molecular formula is C26H26N2O4. The lowest BCUT2D eigenvalue weighted by molar-refractivity contribution is -0.140. The minimum atomic E-state index is -0.601. The van der Waals surface area contributed by atoms with Crippen LogP contribution in [0.15, 0.2) is 71.7 Å². The molecule has 0 bridgehead atoms. The molecule has 0 aliphatic rings. The van der Waals surface area contributed by atoms with Gasteiger partial charge in [0.05, 0.1) is 19.1 Å². The highest BCUT2D eigenvalue weighted by Crippen LogP contribution is 2.32. The average molecular weight is 431 g/mol. The van der Waals surface area contributed by atoms with Crippen LogP contribution in [-0.2, 0) is 22.5 Å². The van der Waals surface area contributed by atoms with Crippen LogP contribution < -0.4 is 5.56 Å². The minimum absolute atomic E-state index is 0.0329. The summed E-state index contributed by atoms with van der Waals surface area (Å²) in [6.07, 6.45) is 2.59. The van der Waals surface area contributed by atoms with Gasteiger partial charge in [-0.15, -0.1) is 0 Å². The van der Waals surface area contributed by atoms with Gasteiger partial charge in [-0.1, -0.05) is 48.5 Å². The zero-order valence-electron chi connectivity index (χ0n) is 18.2. The van der Waals surface area contributed by atoms with E-state index in [1.54, 1.807) is 17.6 Å². The Morgan fingerprint density at radius 1 is 1.12 bits per heavy atom. The first kappa shape index (κ1) is 21.4. The number of methoxy groups -OCH3 is 1. The van der Waals surface area contributed by atoms with Crippen molar-refractivity contribution < 1.29 is 14.6 Å². The second kappa shape index (κ2) is 9.14. The number of pyridine rings is 1. The summed E-state index contributed by atoms with van der Waals surface area (Å²) in [6, 6.07) is 18.9. The van der Waals surface area contributed by atoms with Crippen molar-refractivity contribution in [1.82, 2.24) is 9.55 Å². The van der Waals surface area contributed by atoms with E-state index < -0.39 is 11.9 Å². The highest BCUT2D eigenvalue weighted by atomic mass is 16.5. The summed E-state index contributed by atoms with van der Waals surface area (Å²) >= 11 is 0. The maximum atomic E-state index is 13.6. The van der Waals surface area contributed by atoms with Crippen LogP contribution in [0, 0.1) is 6.92 Å². The van der Waals surface area contributed by atoms with Gasteiger partial charge in [-0.2, -0.15) is 0 Å². The van der Waals surface area contributed by atoms with E-state index in [-0.39, 0.29) is 23.3 Å². The molecule has 2 aromatic carbocycles. The molecule has 32 heavy (non-hydrogen) atoms. The fourth-order valence-electron chi connectivity index (χ4n) is 4.27. The van der Waals surface area contributed by atoms with Crippen LogP contribution >= 0.6 is 0 Å². The number of rotatable bonds is 7. The van der Waals surface area contributed by atoms with Crippen molar-refractivity contribution in [3.8, 4) is 5.75 Å². The highest BCUT2D eigenvalue weighted by Gasteiger charge is 2.26. The lowest BCUT2D eigenvalue weighted by Gasteiger charge is -2.20. The molecule has 0 unspecified atom stereocenters. The van der Waals surface area contributed by atoms with E-state index in [9.17, 15) is 14.7 Å². The Labute approximate surface area is 186 Å². The number of ether oxygens (including phenoxy) is 1. The number of carbonyl (C=O) groups excluding carboxylic acids is 1. The average Bonchev–Trinajstić information content (AvgIpc) is 3.21. The van der Waals surface area contributed by atoms with Gasteiger partial charge < -0.3 is 19.4 Å². The molecule has 0 aliphatic carbocycles. The van der Waals surface area contributed by atoms with Crippen molar-refractivity contribution in [3.63, 3.8) is 0 Å². The Kier molecular flexibility index (Phi) is 6.12. The maximum Gasteiger partial charge on any atom is 0.306 e. The molecule has 2 N–H and O–H groups in total. The Morgan fingerprint density at radius 3 is 2.59 bits per heavy atom. The first-order valence-corrected chi connectivity index (χ1v) is 10.6. The zero-order chi connectivity index (χ0) is 22.7. The summed E-state index contributed by atoms with van der Waals surface area (Å²) in [5.41, 5.74) is 3.54. The topological polar surface area (TPSA) is 84.3 Å². The third-order valence-corrected chi connectivity index (χ3v) is 5.95. The number of esters is 1. The molecule has 0 saturated carbocycles. The lowest BCUT2D eigenvalue weighted by Crippen LogP contribution is -2.29. The number of aromatic hydroxyl groups is 1. The Hall–Kier alpha value is -3.80. The van der Waals surface area contributed by atoms with Crippen molar-refractivity contribution in [3.05, 3.63) is 99.6 Å². The summed E-state index contributed by atoms with van der Waals surface area (Å²) < 4.78 is 6.53. The van der Waals surface area contributed by atoms with Gasteiger partial charge in [0.2, 0.25) is 0 Å². The van der Waals surface area contributed by atoms with Crippen molar-refractivity contribution in [2.45, 2.75) is 32.2 Å². The van der Waals surface area contributed by atoms with E-state index in [1.807, 2.05) is 54.7 Å². The van der Waals surface area contributed by atoms with E-state index in [4.69, 9.17) is 4.74 Å². The second-order valence-electron chi connectivity index (χ2n) is 7.89. The molecule has 0 aliphatic heterocycles. The number of aromatic amines is 1. The van der Waals surface area contributed by atoms with Crippen LogP contribution in [-0.4, -0.2) is 27.7 Å². The van der Waals surface area contributed by atoms with Gasteiger partial charge in [0.25, 0.3) is 5.56 Å². The molecule has 1 atom stereocenters. The number of aryl methyl sites for hydroxylation is 2. The Bertz CT molecular complexity index is 1300. The fourth-order valence-corrected chi connectivity index (χ4v) is 4.27. The predicted molar refractivity (Wildman–Crippen MR) is 124 cm³/mol. The number of hydrogen-bond donors (Lipinski definition) is 2. The van der Waals surface area contributed by atoms with Crippen LogP contribution in [0.2, 0.25) is 0 Å². The molecule has 0 saturated heterocycles. The summed E-state index contributed by atoms with van der Waals surface area (Å²) in [5, 5.41) is 11.9. The molecule has 0 fully saturated rings. The number of benzene rings is 2. The number of hydrogen-bond acceptors (Lipinski definition) is 4. The summed E-state index contributed by atoms with van der Waals surface area (Å²) in [6.45, 7) is 2.26. The van der Waals surface area contributed by atoms with Crippen LogP contribution in [0.5, 0.6) is 5.75 Å². The molecule has 4 rings (SSSR count). The number of para-hydroxylation sites is 1. The molecular weight excluding hydrogens is 404 g/mol. The number of carbonyl (C=O) groups is 1. The second-order valence-corrected chi connectivity index (χ2v) is 7.89. The van der Waals surface area contributed by atoms with Crippen molar-refractivity contribution in [1.29, 1.82) is 0 Å². The lowest BCUT2D eigenvalue weighted by atomic mass is 9.88. The number of nitrogens with one attached hydrogen (secondary N) is 1. The number of nitrogens with zero attached hydrogens (tertiary/aromatic N) is 1. The van der Waals surface area contributed by atoms with Crippen LogP contribution in [0.25, 0.3) is 10.9 Å². The van der Waals surface area contributed by atoms with Crippen LogP contribution in [0.3, 0.4) is 0 Å². The van der Waals surface area contributed by atoms with Gasteiger partial charge in [0.15, 0.2) is 0 Å². The summed E-state index contributed by atoms with van der Waals surface area (Å²) in [4.78, 5) is 29.0. The van der Waals surface area contributed by atoms with Crippen molar-refractivity contribution in [2.24, 2.45) is 0 Å². The zero-order valence-corrected chi connectivity index (χ0v) is 18.2. The first-order valence-electron chi connectivity index (χ1n) is 10.6. The molecule has 0 amide bonds. The van der Waals surface area contributed by atoms with E-state index >= 15 is 0 Å². The van der Waals surface area contributed by atoms with Gasteiger partial charge in [-0.05, 0) is 36.6 Å². The van der Waals surface area contributed by atoms with Gasteiger partial charge >= 0.3 is 5.97 Å². The molecule has 164 valence electrons. The van der Waals surface area contributed by atoms with E-state index in [2.05, 4.69) is 11.1 Å². The van der Waals surface area contributed by atoms with Crippen molar-refractivity contribution >= 4 is 16.9 Å². The third kappa shape index (κ3) is 4.17. The highest BCUT2D eigenvalue weighted by molar-refractivity contribution is 5.83. The largest absolute Gasteiger partial charge is 0.507 e. The van der Waals surface area contributed by atoms with Crippen LogP contribution in [0.1, 0.15) is 34.7 Å². The smallest absolute Gasteiger partial charge is 0.306 e. The number of fused-ring (bicyclic) bond motifs is 1.